The van der Waals surface area contributed by atoms with Gasteiger partial charge in [-0.2, -0.15) is 0 Å². The molecule has 0 bridgehead atoms. The van der Waals surface area contributed by atoms with Gasteiger partial charge in [0.2, 0.25) is 0 Å². The summed E-state index contributed by atoms with van der Waals surface area (Å²) < 4.78 is 5.20. The van der Waals surface area contributed by atoms with E-state index in [1.807, 2.05) is 0 Å². The van der Waals surface area contributed by atoms with Crippen LogP contribution >= 0.6 is 0 Å². The second kappa shape index (κ2) is 7.87. The van der Waals surface area contributed by atoms with Crippen LogP contribution in [0.3, 0.4) is 0 Å². The number of methoxy groups -OCH3 is 1. The predicted octanol–water partition coefficient (Wildman–Crippen LogP) is 2.16. The second-order valence-corrected chi connectivity index (χ2v) is 4.28. The van der Waals surface area contributed by atoms with Crippen LogP contribution in [0.4, 0.5) is 11.6 Å². The molecule has 1 atom stereocenters. The van der Waals surface area contributed by atoms with Gasteiger partial charge in [-0.25, -0.2) is 4.98 Å². The molecule has 0 fully saturated rings. The largest absolute Gasteiger partial charge is 0.383 e. The first-order chi connectivity index (χ1) is 8.72. The third kappa shape index (κ3) is 4.14. The molecule has 0 aliphatic heterocycles. The van der Waals surface area contributed by atoms with Crippen molar-refractivity contribution in [3.63, 3.8) is 0 Å². The highest BCUT2D eigenvalue weighted by Gasteiger charge is 2.14. The Kier molecular flexibility index (Phi) is 6.43. The average molecular weight is 252 g/mol. The number of ether oxygens (including phenoxy) is 1. The lowest BCUT2D eigenvalue weighted by molar-refractivity contribution is 0.181. The Hall–Kier alpha value is -1.36. The molecule has 18 heavy (non-hydrogen) atoms. The molecule has 5 heteroatoms. The van der Waals surface area contributed by atoms with Crippen LogP contribution in [0.15, 0.2) is 12.4 Å². The molecule has 0 aliphatic rings. The van der Waals surface area contributed by atoms with Gasteiger partial charge in [-0.3, -0.25) is 4.98 Å². The number of aromatic nitrogens is 2. The summed E-state index contributed by atoms with van der Waals surface area (Å²) in [5.74, 6) is 1.72. The molecule has 1 aromatic heterocycles. The zero-order valence-electron chi connectivity index (χ0n) is 11.8. The van der Waals surface area contributed by atoms with E-state index < -0.39 is 0 Å². The zero-order chi connectivity index (χ0) is 13.4. The third-order valence-corrected chi connectivity index (χ3v) is 2.75. The maximum absolute atomic E-state index is 5.20. The van der Waals surface area contributed by atoms with Crippen LogP contribution < -0.4 is 10.2 Å². The lowest BCUT2D eigenvalue weighted by Gasteiger charge is -2.28. The van der Waals surface area contributed by atoms with Gasteiger partial charge in [0, 0.05) is 20.2 Å². The Labute approximate surface area is 110 Å². The smallest absolute Gasteiger partial charge is 0.149 e. The maximum atomic E-state index is 5.20. The summed E-state index contributed by atoms with van der Waals surface area (Å²) in [6, 6.07) is 0.288. The van der Waals surface area contributed by atoms with Gasteiger partial charge in [-0.05, 0) is 20.3 Å². The van der Waals surface area contributed by atoms with Crippen LogP contribution in [0.5, 0.6) is 0 Å². The number of hydrogen-bond donors (Lipinski definition) is 1. The minimum absolute atomic E-state index is 0.288. The standard InChI is InChI=1S/C13H24N4O/c1-5-7-15-12-8-14-9-13(16-12)17(6-2)11(3)10-18-4/h8-9,11H,5-7,10H2,1-4H3,(H,15,16). The van der Waals surface area contributed by atoms with Gasteiger partial charge in [-0.15, -0.1) is 0 Å². The molecule has 0 spiro atoms. The summed E-state index contributed by atoms with van der Waals surface area (Å²) in [5, 5.41) is 3.25. The summed E-state index contributed by atoms with van der Waals surface area (Å²) in [6.45, 7) is 8.85. The van der Waals surface area contributed by atoms with Crippen molar-refractivity contribution < 1.29 is 4.74 Å². The van der Waals surface area contributed by atoms with Crippen LogP contribution in [0.2, 0.25) is 0 Å². The van der Waals surface area contributed by atoms with Gasteiger partial charge in [0.25, 0.3) is 0 Å². The Morgan fingerprint density at radius 3 is 2.78 bits per heavy atom. The first-order valence-electron chi connectivity index (χ1n) is 6.54. The number of anilines is 2. The normalized spacial score (nSPS) is 12.2. The molecule has 1 rings (SSSR count). The molecule has 0 saturated carbocycles. The lowest BCUT2D eigenvalue weighted by Crippen LogP contribution is -2.36. The lowest BCUT2D eigenvalue weighted by atomic mass is 10.3. The van der Waals surface area contributed by atoms with Crippen molar-refractivity contribution in [1.29, 1.82) is 0 Å². The van der Waals surface area contributed by atoms with E-state index in [0.29, 0.717) is 6.61 Å². The van der Waals surface area contributed by atoms with E-state index in [2.05, 4.69) is 41.0 Å². The van der Waals surface area contributed by atoms with Crippen molar-refractivity contribution in [2.45, 2.75) is 33.2 Å². The fraction of sp³-hybridized carbons (Fsp3) is 0.692. The molecule has 1 heterocycles. The van der Waals surface area contributed by atoms with Crippen LogP contribution in [0.1, 0.15) is 27.2 Å². The maximum Gasteiger partial charge on any atom is 0.149 e. The van der Waals surface area contributed by atoms with Gasteiger partial charge >= 0.3 is 0 Å². The number of hydrogen-bond acceptors (Lipinski definition) is 5. The molecule has 0 radical (unpaired) electrons. The van der Waals surface area contributed by atoms with Crippen molar-refractivity contribution in [3.05, 3.63) is 12.4 Å². The van der Waals surface area contributed by atoms with E-state index in [0.717, 1.165) is 31.1 Å². The highest BCUT2D eigenvalue weighted by Crippen LogP contribution is 2.15. The van der Waals surface area contributed by atoms with Crippen LogP contribution in [0.25, 0.3) is 0 Å². The number of likely N-dealkylation sites (N-methyl/N-ethyl adjacent to an activating group) is 1. The molecule has 1 N–H and O–H groups in total. The predicted molar refractivity (Wildman–Crippen MR) is 75.2 cm³/mol. The minimum atomic E-state index is 0.288. The zero-order valence-corrected chi connectivity index (χ0v) is 11.8. The Morgan fingerprint density at radius 2 is 2.17 bits per heavy atom. The second-order valence-electron chi connectivity index (χ2n) is 4.28. The molecule has 0 saturated heterocycles. The third-order valence-electron chi connectivity index (χ3n) is 2.75. The average Bonchev–Trinajstić information content (AvgIpc) is 2.38. The molecule has 5 nitrogen and oxygen atoms in total. The molecular weight excluding hydrogens is 228 g/mol. The summed E-state index contributed by atoms with van der Waals surface area (Å²) >= 11 is 0. The van der Waals surface area contributed by atoms with Gasteiger partial charge < -0.3 is 15.0 Å². The molecule has 1 unspecified atom stereocenters. The van der Waals surface area contributed by atoms with E-state index in [-0.39, 0.29) is 6.04 Å². The minimum Gasteiger partial charge on any atom is -0.383 e. The van der Waals surface area contributed by atoms with E-state index in [9.17, 15) is 0 Å². The Balaban J connectivity index is 2.78. The van der Waals surface area contributed by atoms with E-state index >= 15 is 0 Å². The molecular formula is C13H24N4O. The SMILES string of the molecule is CCCNc1cncc(N(CC)C(C)COC)n1. The summed E-state index contributed by atoms with van der Waals surface area (Å²) in [6.07, 6.45) is 4.63. The summed E-state index contributed by atoms with van der Waals surface area (Å²) in [7, 11) is 1.72. The van der Waals surface area contributed by atoms with Crippen LogP contribution in [-0.2, 0) is 4.74 Å². The summed E-state index contributed by atoms with van der Waals surface area (Å²) in [4.78, 5) is 11.0. The topological polar surface area (TPSA) is 50.3 Å². The number of nitrogens with zero attached hydrogens (tertiary/aromatic N) is 3. The van der Waals surface area contributed by atoms with Crippen molar-refractivity contribution >= 4 is 11.6 Å². The van der Waals surface area contributed by atoms with E-state index in [1.165, 1.54) is 0 Å². The quantitative estimate of drug-likeness (QED) is 0.768. The monoisotopic (exact) mass is 252 g/mol. The van der Waals surface area contributed by atoms with E-state index in [4.69, 9.17) is 4.74 Å². The molecule has 0 aliphatic carbocycles. The van der Waals surface area contributed by atoms with Gasteiger partial charge in [0.15, 0.2) is 0 Å². The van der Waals surface area contributed by atoms with Crippen LogP contribution in [-0.4, -0.2) is 42.8 Å². The van der Waals surface area contributed by atoms with Crippen molar-refractivity contribution in [2.75, 3.05) is 37.0 Å². The first kappa shape index (κ1) is 14.7. The van der Waals surface area contributed by atoms with Crippen molar-refractivity contribution in [1.82, 2.24) is 9.97 Å². The van der Waals surface area contributed by atoms with Crippen molar-refractivity contribution in [2.24, 2.45) is 0 Å². The Morgan fingerprint density at radius 1 is 1.39 bits per heavy atom. The van der Waals surface area contributed by atoms with E-state index in [1.54, 1.807) is 19.5 Å². The fourth-order valence-corrected chi connectivity index (χ4v) is 1.86. The fourth-order valence-electron chi connectivity index (χ4n) is 1.86. The highest BCUT2D eigenvalue weighted by molar-refractivity contribution is 5.44. The molecule has 0 aromatic carbocycles. The molecule has 102 valence electrons. The first-order valence-corrected chi connectivity index (χ1v) is 6.54. The number of nitrogens with one attached hydrogen (secondary N) is 1. The summed E-state index contributed by atoms with van der Waals surface area (Å²) in [5.41, 5.74) is 0. The molecule has 1 aromatic rings. The van der Waals surface area contributed by atoms with Gasteiger partial charge in [-0.1, -0.05) is 6.92 Å². The highest BCUT2D eigenvalue weighted by atomic mass is 16.5. The van der Waals surface area contributed by atoms with Crippen LogP contribution in [0, 0.1) is 0 Å². The van der Waals surface area contributed by atoms with Gasteiger partial charge in [0.05, 0.1) is 25.0 Å². The van der Waals surface area contributed by atoms with Crippen molar-refractivity contribution in [3.8, 4) is 0 Å². The van der Waals surface area contributed by atoms with Gasteiger partial charge in [0.1, 0.15) is 11.6 Å². The Bertz CT molecular complexity index is 346. The number of rotatable bonds is 8. The molecule has 0 amide bonds.